The van der Waals surface area contributed by atoms with Gasteiger partial charge in [0.2, 0.25) is 5.91 Å². The lowest BCUT2D eigenvalue weighted by atomic mass is 10.0. The molecule has 1 aromatic carbocycles. The van der Waals surface area contributed by atoms with Crippen molar-refractivity contribution in [3.05, 3.63) is 52.7 Å². The zero-order valence-electron chi connectivity index (χ0n) is 17.1. The van der Waals surface area contributed by atoms with Crippen molar-refractivity contribution in [1.29, 1.82) is 0 Å². The summed E-state index contributed by atoms with van der Waals surface area (Å²) < 4.78 is 5.50. The number of benzene rings is 1. The van der Waals surface area contributed by atoms with Crippen LogP contribution >= 0.6 is 11.3 Å². The Kier molecular flexibility index (Phi) is 7.66. The van der Waals surface area contributed by atoms with Gasteiger partial charge in [-0.25, -0.2) is 0 Å². The van der Waals surface area contributed by atoms with E-state index in [1.807, 2.05) is 36.9 Å². The van der Waals surface area contributed by atoms with Crippen LogP contribution in [0.1, 0.15) is 18.7 Å². The quantitative estimate of drug-likeness (QED) is 0.680. The highest BCUT2D eigenvalue weighted by Gasteiger charge is 2.32. The fraction of sp³-hybridized carbons (Fsp3) is 0.455. The van der Waals surface area contributed by atoms with E-state index in [4.69, 9.17) is 4.74 Å². The molecule has 2 N–H and O–H groups in total. The van der Waals surface area contributed by atoms with Crippen molar-refractivity contribution in [2.24, 2.45) is 5.92 Å². The van der Waals surface area contributed by atoms with Gasteiger partial charge in [-0.15, -0.1) is 11.3 Å². The van der Waals surface area contributed by atoms with Crippen LogP contribution in [0.3, 0.4) is 0 Å². The number of amides is 2. The molecular formula is C22H30N3O3S+. The number of ether oxygens (including phenoxy) is 1. The highest BCUT2D eigenvalue weighted by Crippen LogP contribution is 2.10. The lowest BCUT2D eigenvalue weighted by molar-refractivity contribution is -0.917. The van der Waals surface area contributed by atoms with E-state index in [1.165, 1.54) is 9.78 Å². The largest absolute Gasteiger partial charge is 0.484 e. The van der Waals surface area contributed by atoms with Gasteiger partial charge >= 0.3 is 0 Å². The lowest BCUT2D eigenvalue weighted by Crippen LogP contribution is -3.13. The minimum Gasteiger partial charge on any atom is -0.484 e. The van der Waals surface area contributed by atoms with E-state index in [9.17, 15) is 9.59 Å². The molecule has 0 bridgehead atoms. The molecule has 1 aliphatic rings. The summed E-state index contributed by atoms with van der Waals surface area (Å²) in [6.07, 6.45) is 0. The number of quaternary nitrogens is 1. The molecule has 1 aromatic heterocycles. The average Bonchev–Trinajstić information content (AvgIpc) is 3.24. The SMILES string of the molecule is CC(C)[C@@H](NC(=O)COc1ccccc1)C(=O)N1CC[NH+](Cc2cccs2)CC1. The summed E-state index contributed by atoms with van der Waals surface area (Å²) in [6.45, 7) is 8.13. The van der Waals surface area contributed by atoms with Crippen LogP contribution < -0.4 is 15.0 Å². The van der Waals surface area contributed by atoms with Crippen molar-refractivity contribution < 1.29 is 19.2 Å². The molecule has 29 heavy (non-hydrogen) atoms. The normalized spacial score (nSPS) is 15.9. The highest BCUT2D eigenvalue weighted by atomic mass is 32.1. The van der Waals surface area contributed by atoms with Gasteiger partial charge in [0.1, 0.15) is 18.3 Å². The molecule has 1 atom stereocenters. The summed E-state index contributed by atoms with van der Waals surface area (Å²) in [4.78, 5) is 30.1. The Bertz CT molecular complexity index is 772. The number of nitrogens with one attached hydrogen (secondary N) is 2. The highest BCUT2D eigenvalue weighted by molar-refractivity contribution is 7.09. The van der Waals surface area contributed by atoms with Gasteiger partial charge in [-0.2, -0.15) is 0 Å². The Morgan fingerprint density at radius 2 is 1.86 bits per heavy atom. The number of rotatable bonds is 8. The van der Waals surface area contributed by atoms with Gasteiger partial charge in [0.15, 0.2) is 6.61 Å². The van der Waals surface area contributed by atoms with Crippen molar-refractivity contribution in [2.45, 2.75) is 26.4 Å². The van der Waals surface area contributed by atoms with Crippen LogP contribution in [0.15, 0.2) is 47.8 Å². The Hall–Kier alpha value is -2.38. The molecule has 2 aromatic rings. The second-order valence-electron chi connectivity index (χ2n) is 7.72. The minimum absolute atomic E-state index is 0.00300. The molecule has 0 spiro atoms. The van der Waals surface area contributed by atoms with Crippen molar-refractivity contribution in [3.63, 3.8) is 0 Å². The summed E-state index contributed by atoms with van der Waals surface area (Å²) in [5.74, 6) is 0.380. The van der Waals surface area contributed by atoms with Gasteiger partial charge in [-0.05, 0) is 29.5 Å². The molecule has 1 fully saturated rings. The first-order valence-electron chi connectivity index (χ1n) is 10.1. The van der Waals surface area contributed by atoms with E-state index >= 15 is 0 Å². The molecule has 7 heteroatoms. The number of carbonyl (C=O) groups is 2. The zero-order valence-corrected chi connectivity index (χ0v) is 17.9. The summed E-state index contributed by atoms with van der Waals surface area (Å²) >= 11 is 1.78. The smallest absolute Gasteiger partial charge is 0.258 e. The molecule has 0 unspecified atom stereocenters. The standard InChI is InChI=1S/C22H29N3O3S/c1-17(2)21(23-20(26)16-28-18-7-4-3-5-8-18)22(27)25-12-10-24(11-13-25)15-19-9-6-14-29-19/h3-9,14,17,21H,10-13,15-16H2,1-2H3,(H,23,26)/p+1/t21-/m1/s1. The molecule has 2 heterocycles. The fourth-order valence-electron chi connectivity index (χ4n) is 3.47. The fourth-order valence-corrected chi connectivity index (χ4v) is 4.25. The number of nitrogens with zero attached hydrogens (tertiary/aromatic N) is 1. The molecule has 1 aliphatic heterocycles. The number of thiophene rings is 1. The molecular weight excluding hydrogens is 386 g/mol. The third kappa shape index (κ3) is 6.30. The van der Waals surface area contributed by atoms with Crippen LogP contribution in [0.2, 0.25) is 0 Å². The molecule has 0 radical (unpaired) electrons. The van der Waals surface area contributed by atoms with Gasteiger partial charge in [0.05, 0.1) is 31.1 Å². The third-order valence-corrected chi connectivity index (χ3v) is 6.03. The Morgan fingerprint density at radius 3 is 2.48 bits per heavy atom. The molecule has 0 aliphatic carbocycles. The van der Waals surface area contributed by atoms with E-state index in [-0.39, 0.29) is 24.3 Å². The molecule has 0 saturated carbocycles. The molecule has 1 saturated heterocycles. The minimum atomic E-state index is -0.527. The first kappa shape index (κ1) is 21.3. The zero-order chi connectivity index (χ0) is 20.6. The van der Waals surface area contributed by atoms with Crippen molar-refractivity contribution in [3.8, 4) is 5.75 Å². The Labute approximate surface area is 176 Å². The topological polar surface area (TPSA) is 63.1 Å². The van der Waals surface area contributed by atoms with E-state index in [0.717, 1.165) is 32.7 Å². The van der Waals surface area contributed by atoms with E-state index in [1.54, 1.807) is 23.5 Å². The summed E-state index contributed by atoms with van der Waals surface area (Å²) in [5.41, 5.74) is 0. The number of hydrogen-bond donors (Lipinski definition) is 2. The van der Waals surface area contributed by atoms with Crippen molar-refractivity contribution in [2.75, 3.05) is 32.8 Å². The van der Waals surface area contributed by atoms with Gasteiger partial charge in [0.25, 0.3) is 5.91 Å². The van der Waals surface area contributed by atoms with Crippen molar-refractivity contribution in [1.82, 2.24) is 10.2 Å². The Balaban J connectivity index is 1.48. The maximum Gasteiger partial charge on any atom is 0.258 e. The number of piperazine rings is 1. The lowest BCUT2D eigenvalue weighted by Gasteiger charge is -2.35. The monoisotopic (exact) mass is 416 g/mol. The Morgan fingerprint density at radius 1 is 1.14 bits per heavy atom. The van der Waals surface area contributed by atoms with E-state index in [2.05, 4.69) is 22.8 Å². The molecule has 3 rings (SSSR count). The maximum absolute atomic E-state index is 13.0. The summed E-state index contributed by atoms with van der Waals surface area (Å²) in [6, 6.07) is 12.9. The second-order valence-corrected chi connectivity index (χ2v) is 8.75. The number of para-hydroxylation sites is 1. The van der Waals surface area contributed by atoms with Crippen LogP contribution in [0.5, 0.6) is 5.75 Å². The molecule has 156 valence electrons. The van der Waals surface area contributed by atoms with Gasteiger partial charge in [0, 0.05) is 0 Å². The van der Waals surface area contributed by atoms with Crippen LogP contribution in [0.4, 0.5) is 0 Å². The molecule has 6 nitrogen and oxygen atoms in total. The maximum atomic E-state index is 13.0. The van der Waals surface area contributed by atoms with Gasteiger partial charge in [-0.1, -0.05) is 38.1 Å². The summed E-state index contributed by atoms with van der Waals surface area (Å²) in [5, 5.41) is 4.97. The average molecular weight is 417 g/mol. The first-order valence-corrected chi connectivity index (χ1v) is 11.0. The third-order valence-electron chi connectivity index (χ3n) is 5.15. The molecule has 2 amide bonds. The summed E-state index contributed by atoms with van der Waals surface area (Å²) in [7, 11) is 0. The van der Waals surface area contributed by atoms with Crippen LogP contribution in [0.25, 0.3) is 0 Å². The van der Waals surface area contributed by atoms with Crippen LogP contribution in [-0.2, 0) is 16.1 Å². The number of hydrogen-bond acceptors (Lipinski definition) is 4. The van der Waals surface area contributed by atoms with Gasteiger partial charge in [-0.3, -0.25) is 9.59 Å². The van der Waals surface area contributed by atoms with Gasteiger partial charge < -0.3 is 19.9 Å². The van der Waals surface area contributed by atoms with E-state index in [0.29, 0.717) is 5.75 Å². The first-order chi connectivity index (χ1) is 14.0. The second kappa shape index (κ2) is 10.4. The van der Waals surface area contributed by atoms with Crippen molar-refractivity contribution >= 4 is 23.2 Å². The predicted octanol–water partition coefficient (Wildman–Crippen LogP) is 1.20. The predicted molar refractivity (Wildman–Crippen MR) is 114 cm³/mol. The van der Waals surface area contributed by atoms with E-state index < -0.39 is 6.04 Å². The number of carbonyl (C=O) groups excluding carboxylic acids is 2. The van der Waals surface area contributed by atoms with Crippen LogP contribution in [0, 0.1) is 5.92 Å². The van der Waals surface area contributed by atoms with Crippen LogP contribution in [-0.4, -0.2) is 55.5 Å².